The molecule has 0 aliphatic carbocycles. The average Bonchev–Trinajstić information content (AvgIpc) is 2.71. The summed E-state index contributed by atoms with van der Waals surface area (Å²) in [6.45, 7) is 1.07. The van der Waals surface area contributed by atoms with E-state index in [2.05, 4.69) is 4.98 Å². The maximum absolute atomic E-state index is 10.2. The number of halogens is 2. The number of hydrogen-bond acceptors (Lipinski definition) is 3. The largest absolute Gasteiger partial charge is 0.387 e. The Morgan fingerprint density at radius 1 is 1.35 bits per heavy atom. The van der Waals surface area contributed by atoms with Crippen molar-refractivity contribution in [2.45, 2.75) is 12.6 Å². The van der Waals surface area contributed by atoms with Gasteiger partial charge in [0.25, 0.3) is 0 Å². The minimum atomic E-state index is -0.635. The van der Waals surface area contributed by atoms with Crippen molar-refractivity contribution in [1.82, 2.24) is 14.5 Å². The summed E-state index contributed by atoms with van der Waals surface area (Å²) in [4.78, 5) is 6.21. The number of benzene rings is 1. The minimum Gasteiger partial charge on any atom is -0.387 e. The van der Waals surface area contributed by atoms with Gasteiger partial charge in [-0.15, -0.1) is 0 Å². The molecule has 0 amide bonds. The Bertz CT molecular complexity index is 586. The molecule has 0 radical (unpaired) electrons. The second-order valence-electron chi connectivity index (χ2n) is 4.79. The third-order valence-electron chi connectivity index (χ3n) is 3.19. The van der Waals surface area contributed by atoms with Crippen LogP contribution in [0.2, 0.25) is 10.2 Å². The van der Waals surface area contributed by atoms with E-state index < -0.39 is 6.10 Å². The van der Waals surface area contributed by atoms with Gasteiger partial charge in [0.2, 0.25) is 0 Å². The van der Waals surface area contributed by atoms with E-state index in [0.29, 0.717) is 23.3 Å². The van der Waals surface area contributed by atoms with Crippen molar-refractivity contribution in [1.29, 1.82) is 0 Å². The predicted molar refractivity (Wildman–Crippen MR) is 81.0 cm³/mol. The first kappa shape index (κ1) is 15.3. The van der Waals surface area contributed by atoms with Crippen molar-refractivity contribution in [3.63, 3.8) is 0 Å². The fourth-order valence-electron chi connectivity index (χ4n) is 2.02. The van der Waals surface area contributed by atoms with E-state index in [0.717, 1.165) is 11.4 Å². The molecule has 0 saturated heterocycles. The minimum absolute atomic E-state index is 0.466. The monoisotopic (exact) mass is 313 g/mol. The van der Waals surface area contributed by atoms with Crippen LogP contribution in [0.3, 0.4) is 0 Å². The number of rotatable bonds is 5. The highest BCUT2D eigenvalue weighted by Crippen LogP contribution is 2.23. The molecule has 108 valence electrons. The van der Waals surface area contributed by atoms with E-state index >= 15 is 0 Å². The molecule has 6 heteroatoms. The number of hydrogen-bond donors (Lipinski definition) is 1. The van der Waals surface area contributed by atoms with Crippen LogP contribution in [0.25, 0.3) is 0 Å². The molecule has 2 aromatic rings. The number of imidazole rings is 1. The summed E-state index contributed by atoms with van der Waals surface area (Å²) in [7, 11) is 3.78. The van der Waals surface area contributed by atoms with Gasteiger partial charge < -0.3 is 9.67 Å². The summed E-state index contributed by atoms with van der Waals surface area (Å²) in [6.07, 6.45) is 0.985. The van der Waals surface area contributed by atoms with Crippen LogP contribution in [0.4, 0.5) is 0 Å². The van der Waals surface area contributed by atoms with Crippen LogP contribution in [0.15, 0.2) is 30.5 Å². The van der Waals surface area contributed by atoms with Crippen LogP contribution in [0, 0.1) is 0 Å². The molecule has 1 unspecified atom stereocenters. The number of aliphatic hydroxyl groups is 1. The molecule has 1 atom stereocenters. The van der Waals surface area contributed by atoms with Crippen LogP contribution < -0.4 is 0 Å². The number of aliphatic hydroxyl groups excluding tert-OH is 1. The Morgan fingerprint density at radius 3 is 2.65 bits per heavy atom. The summed E-state index contributed by atoms with van der Waals surface area (Å²) < 4.78 is 1.82. The number of nitrogens with zero attached hydrogens (tertiary/aromatic N) is 3. The molecule has 1 aromatic heterocycles. The fourth-order valence-corrected chi connectivity index (χ4v) is 2.42. The van der Waals surface area contributed by atoms with Gasteiger partial charge >= 0.3 is 0 Å². The molecule has 0 fully saturated rings. The van der Waals surface area contributed by atoms with Crippen LogP contribution in [0.1, 0.15) is 17.5 Å². The third kappa shape index (κ3) is 3.52. The smallest absolute Gasteiger partial charge is 0.128 e. The van der Waals surface area contributed by atoms with E-state index in [1.54, 1.807) is 12.3 Å². The highest BCUT2D eigenvalue weighted by Gasteiger charge is 2.15. The Hall–Kier alpha value is -1.07. The Morgan fingerprint density at radius 2 is 2.05 bits per heavy atom. The lowest BCUT2D eigenvalue weighted by Gasteiger charge is -2.21. The lowest BCUT2D eigenvalue weighted by atomic mass is 10.1. The summed E-state index contributed by atoms with van der Waals surface area (Å²) >= 11 is 12.0. The topological polar surface area (TPSA) is 41.3 Å². The quantitative estimate of drug-likeness (QED) is 0.922. The van der Waals surface area contributed by atoms with Crippen molar-refractivity contribution >= 4 is 23.2 Å². The second kappa shape index (κ2) is 6.59. The molecular weight excluding hydrogens is 297 g/mol. The first-order chi connectivity index (χ1) is 9.49. The second-order valence-corrected chi connectivity index (χ2v) is 5.58. The zero-order valence-corrected chi connectivity index (χ0v) is 12.9. The number of aromatic nitrogens is 2. The van der Waals surface area contributed by atoms with Gasteiger partial charge in [-0.2, -0.15) is 0 Å². The van der Waals surface area contributed by atoms with Gasteiger partial charge in [-0.1, -0.05) is 41.4 Å². The van der Waals surface area contributed by atoms with Crippen molar-refractivity contribution in [2.75, 3.05) is 13.6 Å². The van der Waals surface area contributed by atoms with Crippen molar-refractivity contribution < 1.29 is 5.11 Å². The highest BCUT2D eigenvalue weighted by molar-refractivity contribution is 6.31. The molecule has 0 aliphatic rings. The molecule has 20 heavy (non-hydrogen) atoms. The molecule has 1 heterocycles. The first-order valence-electron chi connectivity index (χ1n) is 6.26. The fraction of sp³-hybridized carbons (Fsp3) is 0.357. The standard InChI is InChI=1S/C14H17Cl2N3O/c1-18(9-14-17-7-13(16)19(14)2)8-12(20)10-5-3-4-6-11(10)15/h3-7,12,20H,8-9H2,1-2H3. The Balaban J connectivity index is 1.99. The summed E-state index contributed by atoms with van der Waals surface area (Å²) in [5, 5.41) is 11.4. The third-order valence-corrected chi connectivity index (χ3v) is 3.88. The van der Waals surface area contributed by atoms with Gasteiger partial charge in [-0.05, 0) is 13.1 Å². The van der Waals surface area contributed by atoms with E-state index in [4.69, 9.17) is 23.2 Å². The molecular formula is C14H17Cl2N3O. The number of likely N-dealkylation sites (N-methyl/N-ethyl adjacent to an activating group) is 1. The average molecular weight is 314 g/mol. The highest BCUT2D eigenvalue weighted by atomic mass is 35.5. The van der Waals surface area contributed by atoms with Crippen molar-refractivity contribution in [2.24, 2.45) is 7.05 Å². The van der Waals surface area contributed by atoms with Crippen molar-refractivity contribution in [3.05, 3.63) is 52.0 Å². The van der Waals surface area contributed by atoms with Gasteiger partial charge in [0.05, 0.1) is 18.8 Å². The summed E-state index contributed by atoms with van der Waals surface area (Å²) in [5.41, 5.74) is 0.735. The molecule has 0 bridgehead atoms. The summed E-state index contributed by atoms with van der Waals surface area (Å²) in [6, 6.07) is 7.32. The zero-order valence-electron chi connectivity index (χ0n) is 11.4. The molecule has 4 nitrogen and oxygen atoms in total. The molecule has 1 aromatic carbocycles. The molecule has 1 N–H and O–H groups in total. The van der Waals surface area contributed by atoms with E-state index in [1.165, 1.54) is 0 Å². The normalized spacial score (nSPS) is 12.9. The van der Waals surface area contributed by atoms with E-state index in [-0.39, 0.29) is 0 Å². The first-order valence-corrected chi connectivity index (χ1v) is 7.01. The van der Waals surface area contributed by atoms with Gasteiger partial charge in [0.1, 0.15) is 11.0 Å². The van der Waals surface area contributed by atoms with Crippen LogP contribution in [-0.4, -0.2) is 33.1 Å². The molecule has 0 spiro atoms. The van der Waals surface area contributed by atoms with Gasteiger partial charge in [-0.25, -0.2) is 4.98 Å². The van der Waals surface area contributed by atoms with Gasteiger partial charge in [0.15, 0.2) is 0 Å². The van der Waals surface area contributed by atoms with Crippen LogP contribution >= 0.6 is 23.2 Å². The maximum Gasteiger partial charge on any atom is 0.128 e. The van der Waals surface area contributed by atoms with E-state index in [9.17, 15) is 5.11 Å². The van der Waals surface area contributed by atoms with Crippen molar-refractivity contribution in [3.8, 4) is 0 Å². The summed E-state index contributed by atoms with van der Waals surface area (Å²) in [5.74, 6) is 0.851. The van der Waals surface area contributed by atoms with Gasteiger partial charge in [0, 0.05) is 24.2 Å². The Kier molecular flexibility index (Phi) is 5.05. The molecule has 0 aliphatic heterocycles. The molecule has 0 saturated carbocycles. The predicted octanol–water partition coefficient (Wildman–Crippen LogP) is 2.89. The molecule has 2 rings (SSSR count). The van der Waals surface area contributed by atoms with E-state index in [1.807, 2.05) is 41.8 Å². The lowest BCUT2D eigenvalue weighted by molar-refractivity contribution is 0.122. The van der Waals surface area contributed by atoms with Crippen LogP contribution in [-0.2, 0) is 13.6 Å². The van der Waals surface area contributed by atoms with Crippen LogP contribution in [0.5, 0.6) is 0 Å². The maximum atomic E-state index is 10.2. The Labute approximate surface area is 128 Å². The lowest BCUT2D eigenvalue weighted by Crippen LogP contribution is -2.25. The SMILES string of the molecule is CN(Cc1ncc(Cl)n1C)CC(O)c1ccccc1Cl. The van der Waals surface area contributed by atoms with Gasteiger partial charge in [-0.3, -0.25) is 4.90 Å². The zero-order chi connectivity index (χ0) is 14.7.